The van der Waals surface area contributed by atoms with Crippen LogP contribution in [0.15, 0.2) is 11.6 Å². The largest absolute Gasteiger partial charge is 0.389 e. The molecule has 1 unspecified atom stereocenters. The van der Waals surface area contributed by atoms with Crippen molar-refractivity contribution >= 4 is 0 Å². The van der Waals surface area contributed by atoms with Crippen molar-refractivity contribution in [2.24, 2.45) is 40.4 Å². The predicted octanol–water partition coefficient (Wildman–Crippen LogP) is 4.97. The average Bonchev–Trinajstić information content (AvgIpc) is 3.07. The van der Waals surface area contributed by atoms with Gasteiger partial charge < -0.3 is 14.6 Å². The Kier molecular flexibility index (Phi) is 4.17. The van der Waals surface area contributed by atoms with Crippen LogP contribution in [0.25, 0.3) is 0 Å². The van der Waals surface area contributed by atoms with Gasteiger partial charge in [0.05, 0.1) is 24.9 Å². The number of rotatable bonds is 2. The van der Waals surface area contributed by atoms with E-state index in [2.05, 4.69) is 26.0 Å². The topological polar surface area (TPSA) is 62.5 Å². The number of fused-ring (bicyclic) bond motifs is 7. The monoisotopic (exact) mass is 411 g/mol. The Morgan fingerprint density at radius 1 is 1.00 bits per heavy atom. The highest BCUT2D eigenvalue weighted by Crippen LogP contribution is 2.74. The maximum Gasteiger partial charge on any atom is 0.174 e. The van der Waals surface area contributed by atoms with Crippen molar-refractivity contribution in [3.63, 3.8) is 0 Å². The zero-order valence-electron chi connectivity index (χ0n) is 18.7. The molecular formula is C26H37NO3. The van der Waals surface area contributed by atoms with E-state index in [0.29, 0.717) is 36.0 Å². The second-order valence-corrected chi connectivity index (χ2v) is 11.8. The van der Waals surface area contributed by atoms with Crippen molar-refractivity contribution in [1.29, 1.82) is 5.26 Å². The Bertz CT molecular complexity index is 810. The lowest BCUT2D eigenvalue weighted by Gasteiger charge is -2.63. The van der Waals surface area contributed by atoms with Gasteiger partial charge in [0.1, 0.15) is 0 Å². The van der Waals surface area contributed by atoms with Crippen molar-refractivity contribution in [3.8, 4) is 6.07 Å². The molecule has 1 spiro atoms. The molecule has 1 aliphatic heterocycles. The van der Waals surface area contributed by atoms with Gasteiger partial charge in [-0.05, 0) is 81.0 Å². The lowest BCUT2D eigenvalue weighted by atomic mass is 9.43. The molecule has 0 radical (unpaired) electrons. The number of nitriles is 1. The first-order chi connectivity index (χ1) is 14.4. The summed E-state index contributed by atoms with van der Waals surface area (Å²) >= 11 is 0. The molecule has 30 heavy (non-hydrogen) atoms. The van der Waals surface area contributed by atoms with Crippen LogP contribution < -0.4 is 0 Å². The third kappa shape index (κ3) is 2.33. The van der Waals surface area contributed by atoms with Crippen molar-refractivity contribution in [1.82, 2.24) is 0 Å². The van der Waals surface area contributed by atoms with Crippen LogP contribution in [0.4, 0.5) is 0 Å². The summed E-state index contributed by atoms with van der Waals surface area (Å²) in [5.41, 5.74) is 1.20. The first-order valence-electron chi connectivity index (χ1n) is 12.4. The maximum absolute atomic E-state index is 12.0. The van der Waals surface area contributed by atoms with Gasteiger partial charge in [0.25, 0.3) is 0 Å². The minimum atomic E-state index is -0.509. The first kappa shape index (κ1) is 19.8. The SMILES string of the molecule is C[C@]12CC[C@H]3[C@@H](CC[C@@]4(O)C[C@H]5/C(=C\CCC#N)C5C[C@]34C)[C@@H]1CCC21OCCO1. The molecule has 4 heteroatoms. The molecule has 0 bridgehead atoms. The second-order valence-electron chi connectivity index (χ2n) is 11.8. The summed E-state index contributed by atoms with van der Waals surface area (Å²) in [6, 6.07) is 2.27. The van der Waals surface area contributed by atoms with Crippen LogP contribution in [-0.4, -0.2) is 29.7 Å². The molecule has 1 N–H and O–H groups in total. The summed E-state index contributed by atoms with van der Waals surface area (Å²) < 4.78 is 12.6. The van der Waals surface area contributed by atoms with Gasteiger partial charge in [0, 0.05) is 23.7 Å². The predicted molar refractivity (Wildman–Crippen MR) is 113 cm³/mol. The van der Waals surface area contributed by atoms with Gasteiger partial charge >= 0.3 is 0 Å². The number of hydrogen-bond acceptors (Lipinski definition) is 4. The summed E-state index contributed by atoms with van der Waals surface area (Å²) in [5, 5.41) is 20.8. The van der Waals surface area contributed by atoms with E-state index >= 15 is 0 Å². The Hall–Kier alpha value is -0.890. The third-order valence-corrected chi connectivity index (χ3v) is 11.1. The van der Waals surface area contributed by atoms with Gasteiger partial charge in [0.2, 0.25) is 0 Å². The Labute approximate surface area is 181 Å². The van der Waals surface area contributed by atoms with Gasteiger partial charge in [-0.3, -0.25) is 0 Å². The number of aliphatic hydroxyl groups is 1. The Morgan fingerprint density at radius 3 is 2.47 bits per heavy atom. The molecule has 1 saturated heterocycles. The van der Waals surface area contributed by atoms with Crippen molar-refractivity contribution < 1.29 is 14.6 Å². The van der Waals surface area contributed by atoms with Crippen LogP contribution in [0.2, 0.25) is 0 Å². The van der Waals surface area contributed by atoms with Gasteiger partial charge in [0.15, 0.2) is 5.79 Å². The number of unbranched alkanes of at least 4 members (excludes halogenated alkanes) is 1. The molecule has 6 aliphatic rings. The molecule has 0 amide bonds. The number of nitrogens with zero attached hydrogens (tertiary/aromatic N) is 1. The van der Waals surface area contributed by atoms with E-state index < -0.39 is 5.60 Å². The van der Waals surface area contributed by atoms with Gasteiger partial charge in [-0.15, -0.1) is 0 Å². The van der Waals surface area contributed by atoms with Crippen LogP contribution in [0.1, 0.15) is 78.1 Å². The van der Waals surface area contributed by atoms with E-state index in [0.717, 1.165) is 51.7 Å². The summed E-state index contributed by atoms with van der Waals surface area (Å²) in [5.74, 6) is 2.90. The summed E-state index contributed by atoms with van der Waals surface area (Å²) in [4.78, 5) is 0. The molecule has 0 aromatic rings. The highest BCUT2D eigenvalue weighted by molar-refractivity contribution is 5.35. The van der Waals surface area contributed by atoms with E-state index in [1.165, 1.54) is 19.3 Å². The molecule has 0 aromatic heterocycles. The molecule has 6 rings (SSSR count). The molecular weight excluding hydrogens is 374 g/mol. The van der Waals surface area contributed by atoms with Crippen LogP contribution in [0.3, 0.4) is 0 Å². The molecule has 4 nitrogen and oxygen atoms in total. The lowest BCUT2D eigenvalue weighted by Crippen LogP contribution is -2.62. The van der Waals surface area contributed by atoms with Crippen LogP contribution in [0.5, 0.6) is 0 Å². The minimum Gasteiger partial charge on any atom is -0.389 e. The third-order valence-electron chi connectivity index (χ3n) is 11.1. The average molecular weight is 412 g/mol. The standard InChI is InChI=1S/C26H37NO3/c1-23-9-7-22-18(21(23)8-11-26(23)29-13-14-30-26)6-10-25(28)16-20-17(5-3-4-12-27)19(20)15-24(22,25)2/h5,18-22,28H,3-4,6-11,13-16H2,1-2H3/b17-5-/t18-,19?,20-,21-,22-,23-,24+,25+/m0/s1. The Morgan fingerprint density at radius 2 is 1.70 bits per heavy atom. The minimum absolute atomic E-state index is 0.0242. The zero-order chi connectivity index (χ0) is 20.8. The van der Waals surface area contributed by atoms with E-state index in [9.17, 15) is 5.11 Å². The smallest absolute Gasteiger partial charge is 0.174 e. The highest BCUT2D eigenvalue weighted by Gasteiger charge is 2.71. The van der Waals surface area contributed by atoms with E-state index in [1.807, 2.05) is 0 Å². The molecule has 5 aliphatic carbocycles. The molecule has 0 aromatic carbocycles. The number of hydrogen-bond donors (Lipinski definition) is 1. The van der Waals surface area contributed by atoms with Crippen molar-refractivity contribution in [3.05, 3.63) is 11.6 Å². The highest BCUT2D eigenvalue weighted by atomic mass is 16.7. The van der Waals surface area contributed by atoms with Gasteiger partial charge in [-0.25, -0.2) is 0 Å². The van der Waals surface area contributed by atoms with Crippen LogP contribution in [-0.2, 0) is 9.47 Å². The van der Waals surface area contributed by atoms with E-state index in [1.54, 1.807) is 5.57 Å². The Balaban J connectivity index is 1.28. The summed E-state index contributed by atoms with van der Waals surface area (Å²) in [6.45, 7) is 6.38. The van der Waals surface area contributed by atoms with Crippen molar-refractivity contribution in [2.45, 2.75) is 89.4 Å². The number of allylic oxidation sites excluding steroid dienone is 2. The first-order valence-corrected chi connectivity index (χ1v) is 12.4. The lowest BCUT2D eigenvalue weighted by molar-refractivity contribution is -0.259. The summed E-state index contributed by atoms with van der Waals surface area (Å²) in [7, 11) is 0. The zero-order valence-corrected chi connectivity index (χ0v) is 18.7. The molecule has 8 atom stereocenters. The van der Waals surface area contributed by atoms with Gasteiger partial charge in [-0.1, -0.05) is 25.5 Å². The van der Waals surface area contributed by atoms with E-state index in [4.69, 9.17) is 14.7 Å². The molecule has 164 valence electrons. The van der Waals surface area contributed by atoms with Crippen LogP contribution >= 0.6 is 0 Å². The van der Waals surface area contributed by atoms with Crippen LogP contribution in [0, 0.1) is 51.8 Å². The fourth-order valence-electron chi connectivity index (χ4n) is 9.43. The fraction of sp³-hybridized carbons (Fsp3) is 0.885. The summed E-state index contributed by atoms with van der Waals surface area (Å²) in [6.07, 6.45) is 12.7. The fourth-order valence-corrected chi connectivity index (χ4v) is 9.43. The van der Waals surface area contributed by atoms with E-state index in [-0.39, 0.29) is 16.6 Å². The normalized spacial score (nSPS) is 54.2. The molecule has 1 heterocycles. The van der Waals surface area contributed by atoms with Crippen molar-refractivity contribution in [2.75, 3.05) is 13.2 Å². The number of ether oxygens (including phenoxy) is 2. The molecule has 6 fully saturated rings. The molecule has 5 saturated carbocycles. The maximum atomic E-state index is 12.0. The van der Waals surface area contributed by atoms with Gasteiger partial charge in [-0.2, -0.15) is 5.26 Å². The second kappa shape index (κ2) is 6.33. The quantitative estimate of drug-likeness (QED) is 0.514.